The summed E-state index contributed by atoms with van der Waals surface area (Å²) in [5, 5.41) is 9.19. The number of carbonyl (C=O) groups excluding carboxylic acids is 1. The lowest BCUT2D eigenvalue weighted by Gasteiger charge is -2.14. The van der Waals surface area contributed by atoms with Gasteiger partial charge in [-0.25, -0.2) is 5.48 Å². The average molecular weight is 272 g/mol. The molecule has 1 aromatic carbocycles. The molecule has 0 aliphatic heterocycles. The summed E-state index contributed by atoms with van der Waals surface area (Å²) in [5.41, 5.74) is 3.93. The van der Waals surface area contributed by atoms with Crippen molar-refractivity contribution in [1.29, 1.82) is 0 Å². The molecular weight excluding hydrogens is 254 g/mol. The van der Waals surface area contributed by atoms with Crippen LogP contribution < -0.4 is 5.48 Å². The molecule has 4 nitrogen and oxygen atoms in total. The number of ether oxygens (including phenoxy) is 1. The Labute approximate surface area is 112 Å². The summed E-state index contributed by atoms with van der Waals surface area (Å²) in [6, 6.07) is 5.75. The highest BCUT2D eigenvalue weighted by Crippen LogP contribution is 2.18. The minimum absolute atomic E-state index is 0.152. The smallest absolute Gasteiger partial charge is 0.245 e. The van der Waals surface area contributed by atoms with Crippen LogP contribution in [-0.2, 0) is 16.0 Å². The van der Waals surface area contributed by atoms with E-state index in [2.05, 4.69) is 0 Å². The first-order chi connectivity index (χ1) is 8.56. The zero-order chi connectivity index (χ0) is 13.5. The van der Waals surface area contributed by atoms with Crippen molar-refractivity contribution in [3.63, 3.8) is 0 Å². The van der Waals surface area contributed by atoms with Crippen molar-refractivity contribution in [3.8, 4) is 0 Å². The monoisotopic (exact) mass is 271 g/mol. The first kappa shape index (κ1) is 15.0. The van der Waals surface area contributed by atoms with Gasteiger partial charge in [-0.05, 0) is 43.0 Å². The van der Waals surface area contributed by atoms with Crippen LogP contribution >= 0.6 is 11.6 Å². The van der Waals surface area contributed by atoms with Crippen LogP contribution in [0, 0.1) is 6.92 Å². The molecule has 0 saturated carbocycles. The standard InChI is InChI=1S/C13H18ClNO3/c1-9-7-11(14)5-3-10(9)4-6-12(18-2)8-13(16)15-17/h3,5,7,12,17H,4,6,8H2,1-2H3,(H,15,16). The topological polar surface area (TPSA) is 58.6 Å². The largest absolute Gasteiger partial charge is 0.381 e. The maximum atomic E-state index is 11.0. The molecule has 0 aliphatic carbocycles. The van der Waals surface area contributed by atoms with Gasteiger partial charge in [0.05, 0.1) is 12.5 Å². The van der Waals surface area contributed by atoms with Gasteiger partial charge in [-0.1, -0.05) is 17.7 Å². The number of amides is 1. The number of benzene rings is 1. The lowest BCUT2D eigenvalue weighted by Crippen LogP contribution is -2.25. The van der Waals surface area contributed by atoms with Gasteiger partial charge in [0.25, 0.3) is 0 Å². The van der Waals surface area contributed by atoms with Crippen molar-refractivity contribution in [3.05, 3.63) is 34.3 Å². The lowest BCUT2D eigenvalue weighted by atomic mass is 10.0. The SMILES string of the molecule is COC(CCc1ccc(Cl)cc1C)CC(=O)NO. The Kier molecular flexibility index (Phi) is 6.12. The van der Waals surface area contributed by atoms with Gasteiger partial charge in [0.15, 0.2) is 0 Å². The molecule has 0 radical (unpaired) electrons. The van der Waals surface area contributed by atoms with E-state index < -0.39 is 5.91 Å². The number of hydrogen-bond donors (Lipinski definition) is 2. The van der Waals surface area contributed by atoms with Crippen LogP contribution in [0.5, 0.6) is 0 Å². The zero-order valence-electron chi connectivity index (χ0n) is 10.6. The number of carbonyl (C=O) groups is 1. The van der Waals surface area contributed by atoms with E-state index in [1.54, 1.807) is 12.6 Å². The third kappa shape index (κ3) is 4.64. The number of halogens is 1. The Hall–Kier alpha value is -1.10. The summed E-state index contributed by atoms with van der Waals surface area (Å²) in [4.78, 5) is 11.0. The average Bonchev–Trinajstić information content (AvgIpc) is 2.35. The van der Waals surface area contributed by atoms with E-state index in [4.69, 9.17) is 21.5 Å². The Bertz CT molecular complexity index is 409. The highest BCUT2D eigenvalue weighted by molar-refractivity contribution is 6.30. The Balaban J connectivity index is 2.54. The van der Waals surface area contributed by atoms with Gasteiger partial charge in [0, 0.05) is 12.1 Å². The van der Waals surface area contributed by atoms with Crippen LogP contribution in [0.1, 0.15) is 24.0 Å². The Morgan fingerprint density at radius 3 is 2.83 bits per heavy atom. The van der Waals surface area contributed by atoms with Gasteiger partial charge in [0.1, 0.15) is 0 Å². The van der Waals surface area contributed by atoms with Crippen molar-refractivity contribution in [2.45, 2.75) is 32.3 Å². The van der Waals surface area contributed by atoms with Crippen molar-refractivity contribution < 1.29 is 14.7 Å². The van der Waals surface area contributed by atoms with Gasteiger partial charge < -0.3 is 4.74 Å². The van der Waals surface area contributed by atoms with Gasteiger partial charge >= 0.3 is 0 Å². The fourth-order valence-corrected chi connectivity index (χ4v) is 2.04. The summed E-state index contributed by atoms with van der Waals surface area (Å²) < 4.78 is 5.21. The quantitative estimate of drug-likeness (QED) is 0.617. The number of nitrogens with one attached hydrogen (secondary N) is 1. The molecule has 1 unspecified atom stereocenters. The molecule has 0 spiro atoms. The second kappa shape index (κ2) is 7.36. The second-order valence-corrected chi connectivity index (χ2v) is 4.64. The summed E-state index contributed by atoms with van der Waals surface area (Å²) in [6.07, 6.45) is 1.47. The normalized spacial score (nSPS) is 12.2. The van der Waals surface area contributed by atoms with Crippen LogP contribution in [0.25, 0.3) is 0 Å². The van der Waals surface area contributed by atoms with Crippen LogP contribution in [0.3, 0.4) is 0 Å². The fourth-order valence-electron chi connectivity index (χ4n) is 1.81. The maximum Gasteiger partial charge on any atom is 0.245 e. The molecular formula is C13H18ClNO3. The van der Waals surface area contributed by atoms with Gasteiger partial charge in [-0.2, -0.15) is 0 Å². The summed E-state index contributed by atoms with van der Waals surface area (Å²) >= 11 is 5.89. The van der Waals surface area contributed by atoms with E-state index in [9.17, 15) is 4.79 Å². The van der Waals surface area contributed by atoms with Crippen molar-refractivity contribution in [1.82, 2.24) is 5.48 Å². The third-order valence-electron chi connectivity index (χ3n) is 2.91. The molecule has 1 amide bonds. The molecule has 1 aromatic rings. The van der Waals surface area contributed by atoms with E-state index in [0.29, 0.717) is 6.42 Å². The molecule has 100 valence electrons. The molecule has 0 bridgehead atoms. The maximum absolute atomic E-state index is 11.0. The van der Waals surface area contributed by atoms with Crippen molar-refractivity contribution in [2.75, 3.05) is 7.11 Å². The number of rotatable bonds is 6. The van der Waals surface area contributed by atoms with Gasteiger partial charge in [-0.15, -0.1) is 0 Å². The van der Waals surface area contributed by atoms with Crippen LogP contribution in [0.4, 0.5) is 0 Å². The summed E-state index contributed by atoms with van der Waals surface area (Å²) in [6.45, 7) is 2.00. The number of hydroxylamine groups is 1. The highest BCUT2D eigenvalue weighted by Gasteiger charge is 2.13. The van der Waals surface area contributed by atoms with Gasteiger partial charge in [-0.3, -0.25) is 10.0 Å². The fraction of sp³-hybridized carbons (Fsp3) is 0.462. The molecule has 2 N–H and O–H groups in total. The van der Waals surface area contributed by atoms with E-state index >= 15 is 0 Å². The predicted octanol–water partition coefficient (Wildman–Crippen LogP) is 2.49. The molecule has 5 heteroatoms. The van der Waals surface area contributed by atoms with Crippen LogP contribution in [0.15, 0.2) is 18.2 Å². The van der Waals surface area contributed by atoms with Gasteiger partial charge in [0.2, 0.25) is 5.91 Å². The van der Waals surface area contributed by atoms with Crippen LogP contribution in [-0.4, -0.2) is 24.3 Å². The second-order valence-electron chi connectivity index (χ2n) is 4.21. The molecule has 0 saturated heterocycles. The number of aryl methyl sites for hydroxylation is 2. The first-order valence-electron chi connectivity index (χ1n) is 5.77. The van der Waals surface area contributed by atoms with E-state index in [1.807, 2.05) is 25.1 Å². The Morgan fingerprint density at radius 1 is 1.56 bits per heavy atom. The third-order valence-corrected chi connectivity index (χ3v) is 3.15. The minimum atomic E-state index is -0.435. The number of methoxy groups -OCH3 is 1. The summed E-state index contributed by atoms with van der Waals surface area (Å²) in [7, 11) is 1.56. The molecule has 0 aliphatic rings. The molecule has 1 rings (SSSR count). The Morgan fingerprint density at radius 2 is 2.28 bits per heavy atom. The van der Waals surface area contributed by atoms with Crippen molar-refractivity contribution >= 4 is 17.5 Å². The van der Waals surface area contributed by atoms with E-state index in [0.717, 1.165) is 17.0 Å². The molecule has 18 heavy (non-hydrogen) atoms. The predicted molar refractivity (Wildman–Crippen MR) is 69.9 cm³/mol. The zero-order valence-corrected chi connectivity index (χ0v) is 11.3. The molecule has 0 fully saturated rings. The number of hydrogen-bond acceptors (Lipinski definition) is 3. The lowest BCUT2D eigenvalue weighted by molar-refractivity contribution is -0.131. The minimum Gasteiger partial charge on any atom is -0.381 e. The summed E-state index contributed by atoms with van der Waals surface area (Å²) in [5.74, 6) is -0.435. The molecule has 1 atom stereocenters. The molecule has 0 aromatic heterocycles. The molecule has 0 heterocycles. The van der Waals surface area contributed by atoms with E-state index in [1.165, 1.54) is 5.56 Å². The van der Waals surface area contributed by atoms with E-state index in [-0.39, 0.29) is 12.5 Å². The van der Waals surface area contributed by atoms with Crippen molar-refractivity contribution in [2.24, 2.45) is 0 Å². The van der Waals surface area contributed by atoms with Crippen LogP contribution in [0.2, 0.25) is 5.02 Å². The highest BCUT2D eigenvalue weighted by atomic mass is 35.5. The first-order valence-corrected chi connectivity index (χ1v) is 6.15.